The summed E-state index contributed by atoms with van der Waals surface area (Å²) < 4.78 is 11.0. The van der Waals surface area contributed by atoms with Gasteiger partial charge in [0.25, 0.3) is 0 Å². The summed E-state index contributed by atoms with van der Waals surface area (Å²) in [6, 6.07) is 0.307. The van der Waals surface area contributed by atoms with Crippen molar-refractivity contribution in [3.05, 3.63) is 23.5 Å². The standard InChI is InChI=1S/C16H24N6O2/c1-10(15-17-14(20-24-15)13-4-5-13)21-6-8-22(9-7-21)11(2)16-19-18-12(3)23-16/h10-11,13H,4-9H2,1-3H3/t10-,11-/m1/s1. The van der Waals surface area contributed by atoms with Gasteiger partial charge < -0.3 is 8.94 Å². The molecule has 2 atom stereocenters. The van der Waals surface area contributed by atoms with Gasteiger partial charge in [-0.25, -0.2) is 0 Å². The fourth-order valence-electron chi connectivity index (χ4n) is 3.23. The second-order valence-electron chi connectivity index (χ2n) is 6.85. The molecular weight excluding hydrogens is 308 g/mol. The van der Waals surface area contributed by atoms with Crippen molar-refractivity contribution in [2.75, 3.05) is 26.2 Å². The minimum absolute atomic E-state index is 0.147. The lowest BCUT2D eigenvalue weighted by molar-refractivity contribution is 0.0603. The van der Waals surface area contributed by atoms with Gasteiger partial charge >= 0.3 is 0 Å². The van der Waals surface area contributed by atoms with Crippen molar-refractivity contribution >= 4 is 0 Å². The Balaban J connectivity index is 1.34. The van der Waals surface area contributed by atoms with E-state index in [2.05, 4.69) is 44.0 Å². The van der Waals surface area contributed by atoms with Gasteiger partial charge in [-0.2, -0.15) is 4.98 Å². The van der Waals surface area contributed by atoms with Crippen LogP contribution in [0.25, 0.3) is 0 Å². The molecule has 0 bridgehead atoms. The molecule has 0 radical (unpaired) electrons. The summed E-state index contributed by atoms with van der Waals surface area (Å²) in [4.78, 5) is 9.36. The Hall–Kier alpha value is -1.80. The molecule has 0 unspecified atom stereocenters. The number of piperazine rings is 1. The van der Waals surface area contributed by atoms with Crippen LogP contribution in [0.1, 0.15) is 68.2 Å². The average Bonchev–Trinajstić information content (AvgIpc) is 3.17. The molecular formula is C16H24N6O2. The van der Waals surface area contributed by atoms with E-state index in [-0.39, 0.29) is 12.1 Å². The molecule has 0 amide bonds. The zero-order valence-corrected chi connectivity index (χ0v) is 14.5. The molecule has 130 valence electrons. The number of hydrogen-bond donors (Lipinski definition) is 0. The molecule has 3 heterocycles. The summed E-state index contributed by atoms with van der Waals surface area (Å²) in [5.74, 6) is 3.47. The highest BCUT2D eigenvalue weighted by Gasteiger charge is 2.32. The second-order valence-corrected chi connectivity index (χ2v) is 6.85. The first-order valence-electron chi connectivity index (χ1n) is 8.73. The lowest BCUT2D eigenvalue weighted by Gasteiger charge is -2.38. The monoisotopic (exact) mass is 332 g/mol. The smallest absolute Gasteiger partial charge is 0.243 e. The van der Waals surface area contributed by atoms with Crippen LogP contribution in [0.15, 0.2) is 8.94 Å². The maximum Gasteiger partial charge on any atom is 0.243 e. The molecule has 8 nitrogen and oxygen atoms in total. The Bertz CT molecular complexity index is 686. The van der Waals surface area contributed by atoms with Crippen molar-refractivity contribution < 1.29 is 8.94 Å². The SMILES string of the molecule is Cc1nnc([C@@H](C)N2CCN([C@H](C)c3nc(C4CC4)no3)CC2)o1. The Morgan fingerprint density at radius 1 is 0.958 bits per heavy atom. The van der Waals surface area contributed by atoms with E-state index < -0.39 is 0 Å². The molecule has 2 aromatic rings. The van der Waals surface area contributed by atoms with Gasteiger partial charge in [0.05, 0.1) is 12.1 Å². The van der Waals surface area contributed by atoms with Crippen LogP contribution < -0.4 is 0 Å². The highest BCUT2D eigenvalue weighted by Crippen LogP contribution is 2.38. The number of rotatable bonds is 5. The van der Waals surface area contributed by atoms with Crippen LogP contribution in [0.5, 0.6) is 0 Å². The fraction of sp³-hybridized carbons (Fsp3) is 0.750. The van der Waals surface area contributed by atoms with Gasteiger partial charge in [0.2, 0.25) is 17.7 Å². The van der Waals surface area contributed by atoms with Gasteiger partial charge in [-0.05, 0) is 26.7 Å². The Morgan fingerprint density at radius 3 is 2.12 bits per heavy atom. The van der Waals surface area contributed by atoms with Gasteiger partial charge in [-0.3, -0.25) is 9.80 Å². The van der Waals surface area contributed by atoms with Crippen LogP contribution in [-0.2, 0) is 0 Å². The van der Waals surface area contributed by atoms with Gasteiger partial charge in [0, 0.05) is 39.0 Å². The van der Waals surface area contributed by atoms with Crippen molar-refractivity contribution in [1.29, 1.82) is 0 Å². The molecule has 1 aliphatic carbocycles. The van der Waals surface area contributed by atoms with Crippen molar-refractivity contribution in [1.82, 2.24) is 30.1 Å². The van der Waals surface area contributed by atoms with Crippen LogP contribution >= 0.6 is 0 Å². The van der Waals surface area contributed by atoms with Crippen molar-refractivity contribution in [2.24, 2.45) is 0 Å². The zero-order valence-electron chi connectivity index (χ0n) is 14.5. The predicted molar refractivity (Wildman–Crippen MR) is 85.3 cm³/mol. The summed E-state index contributed by atoms with van der Waals surface area (Å²) >= 11 is 0. The maximum atomic E-state index is 5.56. The third-order valence-corrected chi connectivity index (χ3v) is 5.10. The summed E-state index contributed by atoms with van der Waals surface area (Å²) in [6.45, 7) is 9.91. The molecule has 24 heavy (non-hydrogen) atoms. The maximum absolute atomic E-state index is 5.56. The first-order valence-corrected chi connectivity index (χ1v) is 8.73. The lowest BCUT2D eigenvalue weighted by Crippen LogP contribution is -2.47. The van der Waals surface area contributed by atoms with E-state index in [1.165, 1.54) is 12.8 Å². The number of nitrogens with zero attached hydrogens (tertiary/aromatic N) is 6. The third-order valence-electron chi connectivity index (χ3n) is 5.10. The fourth-order valence-corrected chi connectivity index (χ4v) is 3.23. The van der Waals surface area contributed by atoms with Gasteiger partial charge in [-0.1, -0.05) is 5.16 Å². The minimum Gasteiger partial charge on any atom is -0.424 e. The normalized spacial score (nSPS) is 22.6. The van der Waals surface area contributed by atoms with Gasteiger partial charge in [-0.15, -0.1) is 10.2 Å². The van der Waals surface area contributed by atoms with E-state index in [9.17, 15) is 0 Å². The average molecular weight is 332 g/mol. The summed E-state index contributed by atoms with van der Waals surface area (Å²) in [7, 11) is 0. The van der Waals surface area contributed by atoms with Crippen molar-refractivity contribution in [2.45, 2.75) is 51.6 Å². The Morgan fingerprint density at radius 2 is 1.58 bits per heavy atom. The Labute approximate surface area is 141 Å². The van der Waals surface area contributed by atoms with Crippen LogP contribution in [0.3, 0.4) is 0 Å². The molecule has 2 fully saturated rings. The molecule has 8 heteroatoms. The topological polar surface area (TPSA) is 84.3 Å². The largest absolute Gasteiger partial charge is 0.424 e. The van der Waals surface area contributed by atoms with E-state index in [1.807, 2.05) is 6.92 Å². The molecule has 1 aliphatic heterocycles. The summed E-state index contributed by atoms with van der Waals surface area (Å²) in [6.07, 6.45) is 2.39. The predicted octanol–water partition coefficient (Wildman–Crippen LogP) is 2.08. The number of aromatic nitrogens is 4. The molecule has 1 saturated carbocycles. The van der Waals surface area contributed by atoms with E-state index in [0.717, 1.165) is 37.9 Å². The zero-order chi connectivity index (χ0) is 16.7. The van der Waals surface area contributed by atoms with Crippen molar-refractivity contribution in [3.63, 3.8) is 0 Å². The highest BCUT2D eigenvalue weighted by atomic mass is 16.5. The number of aryl methyl sites for hydroxylation is 1. The van der Waals surface area contributed by atoms with Crippen LogP contribution in [-0.4, -0.2) is 56.3 Å². The molecule has 0 N–H and O–H groups in total. The van der Waals surface area contributed by atoms with Crippen molar-refractivity contribution in [3.8, 4) is 0 Å². The summed E-state index contributed by atoms with van der Waals surface area (Å²) in [5, 5.41) is 12.2. The first kappa shape index (κ1) is 15.7. The quantitative estimate of drug-likeness (QED) is 0.823. The van der Waals surface area contributed by atoms with E-state index >= 15 is 0 Å². The second kappa shape index (κ2) is 6.25. The van der Waals surface area contributed by atoms with Crippen LogP contribution in [0.2, 0.25) is 0 Å². The molecule has 2 aromatic heterocycles. The third kappa shape index (κ3) is 3.08. The van der Waals surface area contributed by atoms with E-state index in [0.29, 0.717) is 17.7 Å². The Kier molecular flexibility index (Phi) is 4.09. The van der Waals surface area contributed by atoms with Gasteiger partial charge in [0.15, 0.2) is 5.82 Å². The molecule has 1 saturated heterocycles. The molecule has 2 aliphatic rings. The van der Waals surface area contributed by atoms with Crippen LogP contribution in [0, 0.1) is 6.92 Å². The van der Waals surface area contributed by atoms with Crippen LogP contribution in [0.4, 0.5) is 0 Å². The molecule has 0 spiro atoms. The van der Waals surface area contributed by atoms with E-state index in [1.54, 1.807) is 0 Å². The van der Waals surface area contributed by atoms with Gasteiger partial charge in [0.1, 0.15) is 0 Å². The first-order chi connectivity index (χ1) is 11.6. The molecule has 4 rings (SSSR count). The molecule has 0 aromatic carbocycles. The lowest BCUT2D eigenvalue weighted by atomic mass is 10.2. The highest BCUT2D eigenvalue weighted by molar-refractivity contribution is 5.05. The van der Waals surface area contributed by atoms with E-state index in [4.69, 9.17) is 8.94 Å². The number of hydrogen-bond acceptors (Lipinski definition) is 8. The minimum atomic E-state index is 0.147. The summed E-state index contributed by atoms with van der Waals surface area (Å²) in [5.41, 5.74) is 0.